The van der Waals surface area contributed by atoms with Gasteiger partial charge in [-0.1, -0.05) is 0 Å². The fourth-order valence-corrected chi connectivity index (χ4v) is 4.65. The number of anilines is 1. The van der Waals surface area contributed by atoms with Crippen molar-refractivity contribution in [3.05, 3.63) is 34.7 Å². The molecule has 2 aromatic rings. The van der Waals surface area contributed by atoms with E-state index in [2.05, 4.69) is 28.7 Å². The van der Waals surface area contributed by atoms with Crippen molar-refractivity contribution in [2.24, 2.45) is 0 Å². The summed E-state index contributed by atoms with van der Waals surface area (Å²) in [6, 6.07) is 6.06. The number of aryl methyl sites for hydroxylation is 1. The van der Waals surface area contributed by atoms with Crippen LogP contribution in [-0.2, 0) is 0 Å². The first-order valence-electron chi connectivity index (χ1n) is 8.39. The smallest absolute Gasteiger partial charge is 0.322 e. The second-order valence-corrected chi connectivity index (χ2v) is 7.81. The van der Waals surface area contributed by atoms with Gasteiger partial charge in [0.05, 0.1) is 17.5 Å². The maximum absolute atomic E-state index is 12.8. The number of nitrogens with one attached hydrogen (secondary N) is 1. The van der Waals surface area contributed by atoms with Crippen LogP contribution in [0.4, 0.5) is 10.5 Å². The van der Waals surface area contributed by atoms with Crippen molar-refractivity contribution in [2.75, 3.05) is 5.32 Å². The molecule has 2 amide bonds. The molecule has 2 saturated heterocycles. The molecule has 126 valence electrons. The Morgan fingerprint density at radius 2 is 2.12 bits per heavy atom. The van der Waals surface area contributed by atoms with Gasteiger partial charge in [-0.3, -0.25) is 4.98 Å². The molecule has 2 atom stereocenters. The highest BCUT2D eigenvalue weighted by Gasteiger charge is 2.42. The number of rotatable bonds is 2. The largest absolute Gasteiger partial charge is 0.393 e. The number of hydrogen-bond acceptors (Lipinski definition) is 4. The number of carbonyl (C=O) groups is 1. The number of nitrogens with zero attached hydrogens (tertiary/aromatic N) is 2. The van der Waals surface area contributed by atoms with E-state index >= 15 is 0 Å². The second-order valence-electron chi connectivity index (χ2n) is 6.69. The maximum Gasteiger partial charge on any atom is 0.322 e. The quantitative estimate of drug-likeness (QED) is 0.875. The average Bonchev–Trinajstić information content (AvgIpc) is 3.10. The van der Waals surface area contributed by atoms with E-state index in [0.29, 0.717) is 12.8 Å². The molecule has 2 bridgehead atoms. The number of fused-ring (bicyclic) bond motifs is 2. The molecular formula is C18H21N3O2S. The fourth-order valence-electron chi connectivity index (χ4n) is 3.96. The van der Waals surface area contributed by atoms with E-state index in [1.165, 1.54) is 4.88 Å². The van der Waals surface area contributed by atoms with Crippen LogP contribution in [0.25, 0.3) is 11.3 Å². The van der Waals surface area contributed by atoms with E-state index in [9.17, 15) is 9.90 Å². The van der Waals surface area contributed by atoms with Crippen LogP contribution in [-0.4, -0.2) is 39.2 Å². The molecule has 2 unspecified atom stereocenters. The number of pyridine rings is 1. The Hall–Kier alpha value is -1.92. The van der Waals surface area contributed by atoms with Crippen LogP contribution in [0.3, 0.4) is 0 Å². The van der Waals surface area contributed by atoms with E-state index in [1.807, 2.05) is 17.0 Å². The molecule has 2 aromatic heterocycles. The highest BCUT2D eigenvalue weighted by atomic mass is 32.1. The predicted octanol–water partition coefficient (Wildman–Crippen LogP) is 3.64. The van der Waals surface area contributed by atoms with E-state index in [4.69, 9.17) is 0 Å². The van der Waals surface area contributed by atoms with Gasteiger partial charge in [-0.05, 0) is 50.8 Å². The number of piperidine rings is 1. The molecule has 4 heterocycles. The Kier molecular flexibility index (Phi) is 4.02. The van der Waals surface area contributed by atoms with E-state index in [0.717, 1.165) is 29.8 Å². The minimum Gasteiger partial charge on any atom is -0.393 e. The number of aromatic nitrogens is 1. The van der Waals surface area contributed by atoms with Gasteiger partial charge in [0.1, 0.15) is 0 Å². The standard InChI is InChI=1S/C18H21N3O2S/c1-11-7-12(10-24-11)17-16(3-2-6-19-17)20-18(23)21-13-4-5-14(21)9-15(22)8-13/h2-3,6-7,10,13-15,22H,4-5,8-9H2,1H3,(H,20,23). The van der Waals surface area contributed by atoms with Crippen molar-refractivity contribution < 1.29 is 9.90 Å². The summed E-state index contributed by atoms with van der Waals surface area (Å²) >= 11 is 1.67. The van der Waals surface area contributed by atoms with Crippen LogP contribution in [0, 0.1) is 6.92 Å². The molecule has 0 radical (unpaired) electrons. The minimum absolute atomic E-state index is 0.0735. The normalized spacial score (nSPS) is 25.8. The number of amides is 2. The first-order valence-corrected chi connectivity index (χ1v) is 9.27. The third-order valence-electron chi connectivity index (χ3n) is 5.00. The number of carbonyl (C=O) groups excluding carboxylic acids is 1. The van der Waals surface area contributed by atoms with Gasteiger partial charge < -0.3 is 15.3 Å². The van der Waals surface area contributed by atoms with Crippen molar-refractivity contribution in [2.45, 2.75) is 50.8 Å². The monoisotopic (exact) mass is 343 g/mol. The number of urea groups is 1. The minimum atomic E-state index is -0.269. The van der Waals surface area contributed by atoms with Gasteiger partial charge >= 0.3 is 6.03 Å². The van der Waals surface area contributed by atoms with Crippen molar-refractivity contribution in [3.63, 3.8) is 0 Å². The Balaban J connectivity index is 1.57. The van der Waals surface area contributed by atoms with Gasteiger partial charge in [0.25, 0.3) is 0 Å². The van der Waals surface area contributed by atoms with Gasteiger partial charge in [0, 0.05) is 34.1 Å². The number of aliphatic hydroxyl groups is 1. The van der Waals surface area contributed by atoms with Gasteiger partial charge in [-0.25, -0.2) is 4.79 Å². The zero-order valence-corrected chi connectivity index (χ0v) is 14.4. The average molecular weight is 343 g/mol. The van der Waals surface area contributed by atoms with Crippen molar-refractivity contribution in [3.8, 4) is 11.3 Å². The van der Waals surface area contributed by atoms with Gasteiger partial charge in [0.2, 0.25) is 0 Å². The van der Waals surface area contributed by atoms with Crippen LogP contribution < -0.4 is 5.32 Å². The van der Waals surface area contributed by atoms with E-state index in [1.54, 1.807) is 17.5 Å². The lowest BCUT2D eigenvalue weighted by Gasteiger charge is -2.37. The third kappa shape index (κ3) is 2.80. The second kappa shape index (κ2) is 6.18. The molecule has 5 nitrogen and oxygen atoms in total. The molecule has 2 N–H and O–H groups in total. The van der Waals surface area contributed by atoms with Gasteiger partial charge in [-0.2, -0.15) is 0 Å². The van der Waals surface area contributed by atoms with Gasteiger partial charge in [-0.15, -0.1) is 11.3 Å². The summed E-state index contributed by atoms with van der Waals surface area (Å²) in [6.45, 7) is 2.06. The molecular weight excluding hydrogens is 322 g/mol. The zero-order valence-electron chi connectivity index (χ0n) is 13.6. The van der Waals surface area contributed by atoms with E-state index in [-0.39, 0.29) is 24.2 Å². The third-order valence-corrected chi connectivity index (χ3v) is 5.86. The Morgan fingerprint density at radius 1 is 1.38 bits per heavy atom. The Morgan fingerprint density at radius 3 is 2.79 bits per heavy atom. The lowest BCUT2D eigenvalue weighted by atomic mass is 10.0. The predicted molar refractivity (Wildman–Crippen MR) is 95.2 cm³/mol. The molecule has 24 heavy (non-hydrogen) atoms. The van der Waals surface area contributed by atoms with Crippen molar-refractivity contribution >= 4 is 23.1 Å². The topological polar surface area (TPSA) is 65.5 Å². The summed E-state index contributed by atoms with van der Waals surface area (Å²) in [4.78, 5) is 20.4. The highest BCUT2D eigenvalue weighted by Crippen LogP contribution is 2.37. The molecule has 0 saturated carbocycles. The zero-order chi connectivity index (χ0) is 16.7. The van der Waals surface area contributed by atoms with Crippen molar-refractivity contribution in [1.29, 1.82) is 0 Å². The Bertz CT molecular complexity index is 746. The molecule has 2 fully saturated rings. The fraction of sp³-hybridized carbons (Fsp3) is 0.444. The van der Waals surface area contributed by atoms with Crippen LogP contribution in [0.5, 0.6) is 0 Å². The highest BCUT2D eigenvalue weighted by molar-refractivity contribution is 7.10. The first kappa shape index (κ1) is 15.6. The number of hydrogen-bond donors (Lipinski definition) is 2. The van der Waals surface area contributed by atoms with Crippen LogP contribution in [0.15, 0.2) is 29.8 Å². The molecule has 6 heteroatoms. The summed E-state index contributed by atoms with van der Waals surface area (Å²) in [5.74, 6) is 0. The molecule has 2 aliphatic rings. The number of aliphatic hydroxyl groups excluding tert-OH is 1. The summed E-state index contributed by atoms with van der Waals surface area (Å²) in [7, 11) is 0. The van der Waals surface area contributed by atoms with Crippen LogP contribution in [0.1, 0.15) is 30.6 Å². The summed E-state index contributed by atoms with van der Waals surface area (Å²) in [5, 5.41) is 15.0. The summed E-state index contributed by atoms with van der Waals surface area (Å²) < 4.78 is 0. The number of thiophene rings is 1. The Labute approximate surface area is 145 Å². The molecule has 4 rings (SSSR count). The first-order chi connectivity index (χ1) is 11.6. The van der Waals surface area contributed by atoms with Crippen LogP contribution >= 0.6 is 11.3 Å². The van der Waals surface area contributed by atoms with Crippen LogP contribution in [0.2, 0.25) is 0 Å². The summed E-state index contributed by atoms with van der Waals surface area (Å²) in [5.41, 5.74) is 2.58. The maximum atomic E-state index is 12.8. The SMILES string of the molecule is Cc1cc(-c2ncccc2NC(=O)N2C3CCC2CC(O)C3)cs1. The van der Waals surface area contributed by atoms with Gasteiger partial charge in [0.15, 0.2) is 0 Å². The molecule has 2 aliphatic heterocycles. The van der Waals surface area contributed by atoms with E-state index < -0.39 is 0 Å². The molecule has 0 spiro atoms. The lowest BCUT2D eigenvalue weighted by Crippen LogP contribution is -2.49. The molecule has 0 aliphatic carbocycles. The molecule has 0 aromatic carbocycles. The van der Waals surface area contributed by atoms with Crippen molar-refractivity contribution in [1.82, 2.24) is 9.88 Å². The lowest BCUT2D eigenvalue weighted by molar-refractivity contribution is 0.0580. The summed E-state index contributed by atoms with van der Waals surface area (Å²) in [6.07, 6.45) is 4.83.